The molecule has 2 atom stereocenters. The van der Waals surface area contributed by atoms with Gasteiger partial charge in [-0.05, 0) is 68.7 Å². The number of rotatable bonds is 7. The second-order valence-corrected chi connectivity index (χ2v) is 11.0. The summed E-state index contributed by atoms with van der Waals surface area (Å²) in [7, 11) is 0. The Morgan fingerprint density at radius 1 is 1.25 bits per heavy atom. The van der Waals surface area contributed by atoms with Crippen molar-refractivity contribution in [3.05, 3.63) is 58.0 Å². The fourth-order valence-corrected chi connectivity index (χ4v) is 6.25. The monoisotopic (exact) mass is 555 g/mol. The van der Waals surface area contributed by atoms with Gasteiger partial charge in [0.05, 0.1) is 23.6 Å². The van der Waals surface area contributed by atoms with E-state index in [0.29, 0.717) is 11.4 Å². The van der Waals surface area contributed by atoms with E-state index in [0.717, 1.165) is 43.2 Å². The minimum atomic E-state index is -4.58. The first-order valence-corrected chi connectivity index (χ1v) is 13.5. The Labute approximate surface area is 230 Å². The minimum Gasteiger partial charge on any atom is -0.512 e. The first-order chi connectivity index (χ1) is 19.0. The third kappa shape index (κ3) is 5.44. The van der Waals surface area contributed by atoms with Gasteiger partial charge in [0, 0.05) is 24.3 Å². The van der Waals surface area contributed by atoms with Crippen LogP contribution in [0.3, 0.4) is 0 Å². The molecule has 11 heteroatoms. The summed E-state index contributed by atoms with van der Waals surface area (Å²) in [4.78, 5) is 22.4. The first-order valence-electron chi connectivity index (χ1n) is 13.5. The number of esters is 1. The highest BCUT2D eigenvalue weighted by Gasteiger charge is 2.48. The number of benzene rings is 1. The molecule has 1 aromatic rings. The summed E-state index contributed by atoms with van der Waals surface area (Å²) in [5, 5.41) is 21.9. The molecule has 5 rings (SSSR count). The van der Waals surface area contributed by atoms with Gasteiger partial charge in [-0.3, -0.25) is 5.43 Å². The number of nitriles is 1. The van der Waals surface area contributed by atoms with Crippen molar-refractivity contribution in [2.75, 3.05) is 0 Å². The molecule has 1 aliphatic carbocycles. The molecule has 212 valence electrons. The average Bonchev–Trinajstić information content (AvgIpc) is 3.56. The van der Waals surface area contributed by atoms with Gasteiger partial charge < -0.3 is 9.84 Å². The number of amidine groups is 1. The van der Waals surface area contributed by atoms with E-state index in [1.807, 2.05) is 19.9 Å². The molecule has 1 saturated carbocycles. The molecule has 0 radical (unpaired) electrons. The van der Waals surface area contributed by atoms with E-state index in [4.69, 9.17) is 10.00 Å². The molecule has 2 unspecified atom stereocenters. The Balaban J connectivity index is 1.37. The van der Waals surface area contributed by atoms with Gasteiger partial charge in [0.1, 0.15) is 17.2 Å². The fourth-order valence-electron chi connectivity index (χ4n) is 6.25. The van der Waals surface area contributed by atoms with E-state index in [9.17, 15) is 23.1 Å². The molecule has 2 N–H and O–H groups in total. The van der Waals surface area contributed by atoms with Crippen molar-refractivity contribution < 1.29 is 27.8 Å². The summed E-state index contributed by atoms with van der Waals surface area (Å²) in [6.07, 6.45) is 0.766. The van der Waals surface area contributed by atoms with Gasteiger partial charge >= 0.3 is 12.1 Å². The Morgan fingerprint density at radius 3 is 2.67 bits per heavy atom. The number of halogens is 3. The van der Waals surface area contributed by atoms with Crippen LogP contribution in [0.4, 0.5) is 13.2 Å². The number of fused-ring (bicyclic) bond motifs is 1. The number of cyclic esters (lactones) is 1. The molecule has 1 aromatic carbocycles. The maximum Gasteiger partial charge on any atom is 0.416 e. The zero-order valence-electron chi connectivity index (χ0n) is 22.5. The van der Waals surface area contributed by atoms with Gasteiger partial charge in [0.25, 0.3) is 0 Å². The molecule has 4 aliphatic rings. The lowest BCUT2D eigenvalue weighted by Gasteiger charge is -2.42. The smallest absolute Gasteiger partial charge is 0.416 e. The van der Waals surface area contributed by atoms with Gasteiger partial charge in [0.2, 0.25) is 6.29 Å². The molecule has 1 fully saturated rings. The topological polar surface area (TPSA) is 110 Å². The number of hydrogen-bond acceptors (Lipinski definition) is 8. The van der Waals surface area contributed by atoms with Crippen molar-refractivity contribution >= 4 is 17.5 Å². The predicted octanol–water partition coefficient (Wildman–Crippen LogP) is 5.66. The number of hydrogen-bond donors (Lipinski definition) is 2. The normalized spacial score (nSPS) is 25.1. The van der Waals surface area contributed by atoms with Crippen molar-refractivity contribution in [2.24, 2.45) is 15.9 Å². The fraction of sp³-hybridized carbons (Fsp3) is 0.517. The SMILES string of the molecule is CC1=CC(C)=NC2N=C(CC3=C(O)CC(CCc4ccc(CC#N)c(C(F)(F)F)c4)(C4CCCC4)OC3=O)NN12. The van der Waals surface area contributed by atoms with Gasteiger partial charge in [-0.25, -0.2) is 19.8 Å². The number of nitrogens with zero attached hydrogens (tertiary/aromatic N) is 4. The van der Waals surface area contributed by atoms with Gasteiger partial charge in [0.15, 0.2) is 0 Å². The van der Waals surface area contributed by atoms with Crippen LogP contribution >= 0.6 is 0 Å². The third-order valence-electron chi connectivity index (χ3n) is 8.26. The van der Waals surface area contributed by atoms with E-state index < -0.39 is 29.6 Å². The number of aliphatic hydroxyl groups excluding tert-OH is 1. The van der Waals surface area contributed by atoms with E-state index in [1.54, 1.807) is 17.1 Å². The molecular formula is C29H32F3N5O3. The summed E-state index contributed by atoms with van der Waals surface area (Å²) in [5.74, 6) is -0.205. The van der Waals surface area contributed by atoms with Crippen molar-refractivity contribution in [1.82, 2.24) is 10.4 Å². The maximum absolute atomic E-state index is 13.7. The lowest BCUT2D eigenvalue weighted by molar-refractivity contribution is -0.167. The standard InChI is InChI=1S/C29H32F3N5O3/c1-17-13-18(2)37-27(34-17)35-25(36-37)15-22-24(38)16-28(40-26(22)39,21-5-3-4-6-21)11-9-19-7-8-20(10-12-33)23(14-19)29(30,31)32/h7-8,13-14,21,27,38H,3-6,9-11,15-16H2,1-2H3,(H,35,36). The Bertz CT molecular complexity index is 1370. The second-order valence-electron chi connectivity index (χ2n) is 11.0. The summed E-state index contributed by atoms with van der Waals surface area (Å²) in [6.45, 7) is 3.81. The number of aliphatic imine (C=N–C) groups is 2. The van der Waals surface area contributed by atoms with Crippen LogP contribution in [0.5, 0.6) is 0 Å². The highest BCUT2D eigenvalue weighted by molar-refractivity contribution is 5.99. The highest BCUT2D eigenvalue weighted by Crippen LogP contribution is 2.46. The molecule has 3 heterocycles. The van der Waals surface area contributed by atoms with Crippen molar-refractivity contribution in [2.45, 2.75) is 89.7 Å². The molecule has 3 aliphatic heterocycles. The lowest BCUT2D eigenvalue weighted by atomic mass is 9.76. The Kier molecular flexibility index (Phi) is 7.38. The first kappa shape index (κ1) is 27.7. The number of alkyl halides is 3. The number of nitrogens with one attached hydrogen (secondary N) is 1. The summed E-state index contributed by atoms with van der Waals surface area (Å²) < 4.78 is 47.1. The second kappa shape index (κ2) is 10.6. The van der Waals surface area contributed by atoms with Crippen LogP contribution in [0.15, 0.2) is 51.3 Å². The molecule has 0 aromatic heterocycles. The minimum absolute atomic E-state index is 0.00104. The van der Waals surface area contributed by atoms with Crippen LogP contribution in [0.25, 0.3) is 0 Å². The number of aliphatic hydroxyl groups is 1. The van der Waals surface area contributed by atoms with Crippen LogP contribution in [0.2, 0.25) is 0 Å². The van der Waals surface area contributed by atoms with Gasteiger partial charge in [-0.15, -0.1) is 0 Å². The van der Waals surface area contributed by atoms with Crippen LogP contribution in [-0.2, 0) is 28.5 Å². The number of ether oxygens (including phenoxy) is 1. The molecule has 40 heavy (non-hydrogen) atoms. The highest BCUT2D eigenvalue weighted by atomic mass is 19.4. The van der Waals surface area contributed by atoms with Crippen molar-refractivity contribution in [1.29, 1.82) is 5.26 Å². The number of hydrazine groups is 1. The zero-order chi connectivity index (χ0) is 28.7. The van der Waals surface area contributed by atoms with E-state index in [1.165, 1.54) is 6.07 Å². The molecule has 0 bridgehead atoms. The number of carbonyl (C=O) groups is 1. The molecular weight excluding hydrogens is 523 g/mol. The number of carbonyl (C=O) groups excluding carboxylic acids is 1. The Morgan fingerprint density at radius 2 is 2.00 bits per heavy atom. The lowest BCUT2D eigenvalue weighted by Crippen LogP contribution is -2.46. The number of allylic oxidation sites excluding steroid dienone is 2. The quantitative estimate of drug-likeness (QED) is 0.420. The van der Waals surface area contributed by atoms with Crippen LogP contribution < -0.4 is 5.43 Å². The maximum atomic E-state index is 13.7. The zero-order valence-corrected chi connectivity index (χ0v) is 22.5. The average molecular weight is 556 g/mol. The third-order valence-corrected chi connectivity index (χ3v) is 8.26. The summed E-state index contributed by atoms with van der Waals surface area (Å²) in [6, 6.07) is 5.81. The molecule has 8 nitrogen and oxygen atoms in total. The van der Waals surface area contributed by atoms with Gasteiger partial charge in [-0.2, -0.15) is 18.4 Å². The molecule has 0 saturated heterocycles. The van der Waals surface area contributed by atoms with Crippen LogP contribution in [0, 0.1) is 17.2 Å². The summed E-state index contributed by atoms with van der Waals surface area (Å²) >= 11 is 0. The Hall–Kier alpha value is -3.81. The molecule has 0 amide bonds. The van der Waals surface area contributed by atoms with Gasteiger partial charge in [-0.1, -0.05) is 25.0 Å². The van der Waals surface area contributed by atoms with E-state index in [2.05, 4.69) is 15.4 Å². The number of aryl methyl sites for hydroxylation is 1. The van der Waals surface area contributed by atoms with Crippen LogP contribution in [-0.4, -0.2) is 39.5 Å². The predicted molar refractivity (Wildman–Crippen MR) is 142 cm³/mol. The van der Waals surface area contributed by atoms with E-state index >= 15 is 0 Å². The van der Waals surface area contributed by atoms with Crippen molar-refractivity contribution in [3.8, 4) is 6.07 Å². The summed E-state index contributed by atoms with van der Waals surface area (Å²) in [5.41, 5.74) is 3.59. The van der Waals surface area contributed by atoms with Crippen LogP contribution in [0.1, 0.15) is 75.5 Å². The van der Waals surface area contributed by atoms with Crippen molar-refractivity contribution in [3.63, 3.8) is 0 Å². The van der Waals surface area contributed by atoms with E-state index in [-0.39, 0.29) is 54.9 Å². The largest absolute Gasteiger partial charge is 0.512 e. The molecule has 0 spiro atoms.